The minimum Gasteiger partial charge on any atom is -0.783 e. The number of rotatable bonds is 4. The first kappa shape index (κ1) is 9.84. The lowest BCUT2D eigenvalue weighted by molar-refractivity contribution is -0.136. The molecule has 0 amide bonds. The van der Waals surface area contributed by atoms with E-state index in [2.05, 4.69) is 4.84 Å². The summed E-state index contributed by atoms with van der Waals surface area (Å²) in [6.07, 6.45) is 1.19. The lowest BCUT2D eigenvalue weighted by atomic mass is 10.1. The monoisotopic (exact) mass is 147 g/mol. The lowest BCUT2D eigenvalue weighted by Crippen LogP contribution is -2.46. The van der Waals surface area contributed by atoms with Crippen LogP contribution in [0, 0.1) is 5.21 Å². The normalized spacial score (nSPS) is 12.6. The number of nitrogens with two attached hydrogens (primary N) is 1. The molecule has 0 saturated heterocycles. The van der Waals surface area contributed by atoms with Crippen molar-refractivity contribution in [2.24, 2.45) is 5.90 Å². The van der Waals surface area contributed by atoms with Gasteiger partial charge in [0.2, 0.25) is 0 Å². The molecule has 4 nitrogen and oxygen atoms in total. The first-order valence-electron chi connectivity index (χ1n) is 3.41. The van der Waals surface area contributed by atoms with Gasteiger partial charge in [0.05, 0.1) is 0 Å². The summed E-state index contributed by atoms with van der Waals surface area (Å²) in [5, 5.41) is 11.6. The van der Waals surface area contributed by atoms with E-state index < -0.39 is 5.72 Å². The zero-order valence-corrected chi connectivity index (χ0v) is 6.76. The molecule has 0 fully saturated rings. The second-order valence-corrected chi connectivity index (χ2v) is 2.27. The van der Waals surface area contributed by atoms with Crippen LogP contribution in [0.5, 0.6) is 0 Å². The van der Waals surface area contributed by atoms with Gasteiger partial charge in [0.25, 0.3) is 0 Å². The number of hydroxylamine groups is 2. The highest BCUT2D eigenvalue weighted by atomic mass is 16.7. The number of hydrogen-bond donors (Lipinski definition) is 1. The van der Waals surface area contributed by atoms with E-state index in [0.717, 1.165) is 5.06 Å². The van der Waals surface area contributed by atoms with Gasteiger partial charge >= 0.3 is 0 Å². The lowest BCUT2D eigenvalue weighted by Gasteiger charge is -2.42. The Bertz CT molecular complexity index is 83.5. The van der Waals surface area contributed by atoms with E-state index in [4.69, 9.17) is 5.90 Å². The molecule has 2 N–H and O–H groups in total. The Morgan fingerprint density at radius 2 is 1.90 bits per heavy atom. The van der Waals surface area contributed by atoms with Crippen molar-refractivity contribution in [3.8, 4) is 0 Å². The highest BCUT2D eigenvalue weighted by Gasteiger charge is 2.25. The summed E-state index contributed by atoms with van der Waals surface area (Å²) in [7, 11) is 1.42. The Hall–Kier alpha value is -0.160. The molecule has 0 atom stereocenters. The van der Waals surface area contributed by atoms with E-state index >= 15 is 0 Å². The summed E-state index contributed by atoms with van der Waals surface area (Å²) >= 11 is 0. The van der Waals surface area contributed by atoms with Crippen molar-refractivity contribution in [2.45, 2.75) is 32.4 Å². The Morgan fingerprint density at radius 3 is 1.90 bits per heavy atom. The van der Waals surface area contributed by atoms with Crippen LogP contribution in [0.25, 0.3) is 0 Å². The van der Waals surface area contributed by atoms with Crippen molar-refractivity contribution in [1.29, 1.82) is 0 Å². The van der Waals surface area contributed by atoms with Gasteiger partial charge in [-0.3, -0.25) is 4.84 Å². The first-order chi connectivity index (χ1) is 4.63. The standard InChI is InChI=1S/C6H15N2O2/c1-4-6(5-2,10-7)8(3)9/h4-5,7H2,1-3H3/q-1. The fourth-order valence-electron chi connectivity index (χ4n) is 0.936. The molecule has 0 aromatic rings. The van der Waals surface area contributed by atoms with Crippen LogP contribution in [-0.2, 0) is 4.84 Å². The van der Waals surface area contributed by atoms with Crippen molar-refractivity contribution in [3.05, 3.63) is 5.21 Å². The van der Waals surface area contributed by atoms with E-state index in [9.17, 15) is 5.21 Å². The highest BCUT2D eigenvalue weighted by molar-refractivity contribution is 4.75. The van der Waals surface area contributed by atoms with E-state index in [1.807, 2.05) is 13.8 Å². The van der Waals surface area contributed by atoms with Gasteiger partial charge in [-0.15, -0.1) is 0 Å². The second-order valence-electron chi connectivity index (χ2n) is 2.27. The van der Waals surface area contributed by atoms with Crippen molar-refractivity contribution in [2.75, 3.05) is 7.05 Å². The molecule has 0 spiro atoms. The van der Waals surface area contributed by atoms with Crippen LogP contribution in [0.4, 0.5) is 0 Å². The van der Waals surface area contributed by atoms with Crippen LogP contribution in [-0.4, -0.2) is 17.8 Å². The smallest absolute Gasteiger partial charge is 0.130 e. The molecule has 0 bridgehead atoms. The molecule has 4 heteroatoms. The maximum absolute atomic E-state index is 10.9. The number of hydrogen-bond acceptors (Lipinski definition) is 4. The molecule has 0 saturated carbocycles. The largest absolute Gasteiger partial charge is 0.783 e. The first-order valence-corrected chi connectivity index (χ1v) is 3.41. The zero-order valence-electron chi connectivity index (χ0n) is 6.76. The van der Waals surface area contributed by atoms with Crippen LogP contribution in [0.15, 0.2) is 0 Å². The fraction of sp³-hybridized carbons (Fsp3) is 1.00. The molecule has 0 aliphatic heterocycles. The maximum atomic E-state index is 10.9. The fourth-order valence-corrected chi connectivity index (χ4v) is 0.936. The van der Waals surface area contributed by atoms with Gasteiger partial charge in [-0.1, -0.05) is 13.8 Å². The van der Waals surface area contributed by atoms with Crippen molar-refractivity contribution < 1.29 is 4.84 Å². The van der Waals surface area contributed by atoms with Crippen molar-refractivity contribution in [3.63, 3.8) is 0 Å². The van der Waals surface area contributed by atoms with Gasteiger partial charge in [-0.05, 0) is 19.9 Å². The van der Waals surface area contributed by atoms with Crippen molar-refractivity contribution in [1.82, 2.24) is 5.06 Å². The van der Waals surface area contributed by atoms with Crippen LogP contribution < -0.4 is 5.90 Å². The summed E-state index contributed by atoms with van der Waals surface area (Å²) in [5.74, 6) is 4.99. The summed E-state index contributed by atoms with van der Waals surface area (Å²) in [4.78, 5) is 4.61. The molecule has 0 heterocycles. The molecule has 0 aromatic carbocycles. The van der Waals surface area contributed by atoms with Crippen molar-refractivity contribution >= 4 is 0 Å². The van der Waals surface area contributed by atoms with Crippen LogP contribution >= 0.6 is 0 Å². The van der Waals surface area contributed by atoms with E-state index in [0.29, 0.717) is 12.8 Å². The maximum Gasteiger partial charge on any atom is 0.130 e. The van der Waals surface area contributed by atoms with Gasteiger partial charge < -0.3 is 10.3 Å². The predicted molar refractivity (Wildman–Crippen MR) is 39.7 cm³/mol. The summed E-state index contributed by atoms with van der Waals surface area (Å²) in [5.41, 5.74) is -0.819. The third-order valence-electron chi connectivity index (χ3n) is 1.90. The molecular weight excluding hydrogens is 132 g/mol. The van der Waals surface area contributed by atoms with E-state index in [1.54, 1.807) is 0 Å². The van der Waals surface area contributed by atoms with E-state index in [1.165, 1.54) is 7.05 Å². The average molecular weight is 147 g/mol. The Labute approximate surface area is 61.5 Å². The van der Waals surface area contributed by atoms with Gasteiger partial charge in [0, 0.05) is 0 Å². The summed E-state index contributed by atoms with van der Waals surface area (Å²) < 4.78 is 0. The molecule has 62 valence electrons. The highest BCUT2D eigenvalue weighted by Crippen LogP contribution is 2.20. The summed E-state index contributed by atoms with van der Waals surface area (Å²) in [6, 6.07) is 0. The molecule has 0 rings (SSSR count). The van der Waals surface area contributed by atoms with Gasteiger partial charge in [-0.2, -0.15) is 0 Å². The molecule has 0 aliphatic carbocycles. The van der Waals surface area contributed by atoms with Gasteiger partial charge in [0.15, 0.2) is 0 Å². The molecule has 0 radical (unpaired) electrons. The Kier molecular flexibility index (Phi) is 3.81. The SMILES string of the molecule is CCC(CC)(ON)N(C)[O-]. The molecular formula is C6H15N2O2-. The predicted octanol–water partition coefficient (Wildman–Crippen LogP) is 0.823. The Morgan fingerprint density at radius 1 is 1.50 bits per heavy atom. The Balaban J connectivity index is 4.15. The third-order valence-corrected chi connectivity index (χ3v) is 1.90. The minimum absolute atomic E-state index is 0.597. The van der Waals surface area contributed by atoms with Crippen LogP contribution in [0.1, 0.15) is 26.7 Å². The molecule has 0 unspecified atom stereocenters. The van der Waals surface area contributed by atoms with Crippen LogP contribution in [0.2, 0.25) is 0 Å². The van der Waals surface area contributed by atoms with Gasteiger partial charge in [0.1, 0.15) is 5.72 Å². The third kappa shape index (κ3) is 1.67. The molecule has 10 heavy (non-hydrogen) atoms. The molecule has 0 aliphatic rings. The topological polar surface area (TPSA) is 61.5 Å². The van der Waals surface area contributed by atoms with Crippen LogP contribution in [0.3, 0.4) is 0 Å². The second kappa shape index (κ2) is 3.88. The quantitative estimate of drug-likeness (QED) is 0.472. The van der Waals surface area contributed by atoms with E-state index in [-0.39, 0.29) is 0 Å². The van der Waals surface area contributed by atoms with Gasteiger partial charge in [-0.25, -0.2) is 5.90 Å². The minimum atomic E-state index is -0.819. The molecule has 0 aromatic heterocycles. The summed E-state index contributed by atoms with van der Waals surface area (Å²) in [6.45, 7) is 3.73. The number of nitrogens with zero attached hydrogens (tertiary/aromatic N) is 1. The zero-order chi connectivity index (χ0) is 8.20. The average Bonchev–Trinajstić information content (AvgIpc) is 1.92.